The standard InChI is InChI=1S/C17H19N3O2S/c1-4-13-15(10-5-6-11-12(7-10)22-8-21-11)20-16(18)14(9(2)3)19-17(20)23-13/h5-7,9H,4,8,18H2,1-3H3. The van der Waals surface area contributed by atoms with Crippen LogP contribution in [0.15, 0.2) is 18.2 Å². The van der Waals surface area contributed by atoms with Gasteiger partial charge in [-0.3, -0.25) is 4.40 Å². The van der Waals surface area contributed by atoms with Gasteiger partial charge in [0.1, 0.15) is 5.82 Å². The van der Waals surface area contributed by atoms with E-state index in [9.17, 15) is 0 Å². The molecule has 3 heterocycles. The number of nitrogens with zero attached hydrogens (tertiary/aromatic N) is 2. The van der Waals surface area contributed by atoms with E-state index in [-0.39, 0.29) is 6.79 Å². The quantitative estimate of drug-likeness (QED) is 0.787. The topological polar surface area (TPSA) is 61.8 Å². The molecule has 3 aromatic rings. The molecule has 5 nitrogen and oxygen atoms in total. The van der Waals surface area contributed by atoms with Crippen molar-refractivity contribution in [1.82, 2.24) is 9.38 Å². The van der Waals surface area contributed by atoms with Crippen LogP contribution in [0.4, 0.5) is 5.82 Å². The molecule has 0 atom stereocenters. The highest BCUT2D eigenvalue weighted by atomic mass is 32.1. The first kappa shape index (κ1) is 14.4. The molecule has 0 saturated carbocycles. The second-order valence-electron chi connectivity index (χ2n) is 5.95. The summed E-state index contributed by atoms with van der Waals surface area (Å²) in [4.78, 5) is 6.97. The van der Waals surface area contributed by atoms with Gasteiger partial charge in [-0.25, -0.2) is 4.98 Å². The zero-order valence-corrected chi connectivity index (χ0v) is 14.2. The average Bonchev–Trinajstić information content (AvgIpc) is 3.20. The van der Waals surface area contributed by atoms with Gasteiger partial charge in [0, 0.05) is 10.4 Å². The Morgan fingerprint density at radius 1 is 1.30 bits per heavy atom. The van der Waals surface area contributed by atoms with Crippen molar-refractivity contribution in [3.8, 4) is 22.8 Å². The number of nitrogens with two attached hydrogens (primary N) is 1. The predicted molar refractivity (Wildman–Crippen MR) is 92.5 cm³/mol. The molecule has 0 bridgehead atoms. The number of nitrogen functional groups attached to an aromatic ring is 1. The van der Waals surface area contributed by atoms with Gasteiger partial charge in [-0.1, -0.05) is 20.8 Å². The molecule has 0 saturated heterocycles. The highest BCUT2D eigenvalue weighted by molar-refractivity contribution is 7.17. The number of ether oxygens (including phenoxy) is 2. The van der Waals surface area contributed by atoms with Gasteiger partial charge in [0.05, 0.1) is 11.4 Å². The highest BCUT2D eigenvalue weighted by Gasteiger charge is 2.22. The Morgan fingerprint density at radius 3 is 2.83 bits per heavy atom. The number of benzene rings is 1. The number of aromatic nitrogens is 2. The van der Waals surface area contributed by atoms with Crippen LogP contribution >= 0.6 is 11.3 Å². The third kappa shape index (κ3) is 2.09. The largest absolute Gasteiger partial charge is 0.454 e. The lowest BCUT2D eigenvalue weighted by Gasteiger charge is -2.08. The molecule has 1 aromatic carbocycles. The number of imidazole rings is 1. The van der Waals surface area contributed by atoms with Crippen LogP contribution in [0.3, 0.4) is 0 Å². The minimum Gasteiger partial charge on any atom is -0.454 e. The number of thiazole rings is 1. The normalized spacial score (nSPS) is 13.4. The lowest BCUT2D eigenvalue weighted by atomic mass is 10.1. The van der Waals surface area contributed by atoms with Crippen molar-refractivity contribution in [2.75, 3.05) is 12.5 Å². The van der Waals surface area contributed by atoms with Crippen molar-refractivity contribution in [1.29, 1.82) is 0 Å². The van der Waals surface area contributed by atoms with Crippen LogP contribution in [0.2, 0.25) is 0 Å². The number of hydrogen-bond acceptors (Lipinski definition) is 5. The molecule has 1 aliphatic rings. The van der Waals surface area contributed by atoms with Crippen molar-refractivity contribution in [2.45, 2.75) is 33.1 Å². The Hall–Kier alpha value is -2.21. The summed E-state index contributed by atoms with van der Waals surface area (Å²) in [6.07, 6.45) is 0.939. The molecular weight excluding hydrogens is 310 g/mol. The molecule has 2 aromatic heterocycles. The Morgan fingerprint density at radius 2 is 2.09 bits per heavy atom. The Kier molecular flexibility index (Phi) is 3.23. The molecule has 0 spiro atoms. The second-order valence-corrected chi connectivity index (χ2v) is 7.01. The molecule has 0 aliphatic carbocycles. The summed E-state index contributed by atoms with van der Waals surface area (Å²) in [6.45, 7) is 6.66. The van der Waals surface area contributed by atoms with Gasteiger partial charge >= 0.3 is 0 Å². The van der Waals surface area contributed by atoms with Gasteiger partial charge in [0.15, 0.2) is 16.5 Å². The molecule has 6 heteroatoms. The fourth-order valence-corrected chi connectivity index (χ4v) is 4.09. The summed E-state index contributed by atoms with van der Waals surface area (Å²) >= 11 is 1.70. The van der Waals surface area contributed by atoms with Gasteiger partial charge < -0.3 is 15.2 Å². The number of rotatable bonds is 3. The summed E-state index contributed by atoms with van der Waals surface area (Å²) < 4.78 is 13.0. The van der Waals surface area contributed by atoms with E-state index in [2.05, 4.69) is 31.2 Å². The predicted octanol–water partition coefficient (Wildman–Crippen LogP) is 4.06. The van der Waals surface area contributed by atoms with E-state index in [1.54, 1.807) is 11.3 Å². The first-order valence-electron chi connectivity index (χ1n) is 7.79. The Bertz CT molecular complexity index is 895. The van der Waals surface area contributed by atoms with E-state index in [0.717, 1.165) is 45.6 Å². The molecule has 2 N–H and O–H groups in total. The van der Waals surface area contributed by atoms with E-state index >= 15 is 0 Å². The molecule has 0 amide bonds. The van der Waals surface area contributed by atoms with E-state index in [0.29, 0.717) is 5.92 Å². The van der Waals surface area contributed by atoms with Gasteiger partial charge in [-0.15, -0.1) is 11.3 Å². The first-order valence-corrected chi connectivity index (χ1v) is 8.61. The number of aryl methyl sites for hydroxylation is 1. The van der Waals surface area contributed by atoms with E-state index in [1.807, 2.05) is 12.1 Å². The number of anilines is 1. The fraction of sp³-hybridized carbons (Fsp3) is 0.353. The summed E-state index contributed by atoms with van der Waals surface area (Å²) in [6, 6.07) is 6.04. The van der Waals surface area contributed by atoms with Crippen LogP contribution in [0.5, 0.6) is 11.5 Å². The molecule has 120 valence electrons. The van der Waals surface area contributed by atoms with Crippen molar-refractivity contribution in [3.05, 3.63) is 28.8 Å². The van der Waals surface area contributed by atoms with Crippen LogP contribution in [0.25, 0.3) is 16.2 Å². The summed E-state index contributed by atoms with van der Waals surface area (Å²) in [5.74, 6) is 2.61. The zero-order chi connectivity index (χ0) is 16.1. The third-order valence-electron chi connectivity index (χ3n) is 4.13. The number of hydrogen-bond donors (Lipinski definition) is 1. The zero-order valence-electron chi connectivity index (χ0n) is 13.4. The molecule has 0 radical (unpaired) electrons. The maximum absolute atomic E-state index is 6.41. The molecule has 23 heavy (non-hydrogen) atoms. The van der Waals surface area contributed by atoms with Crippen LogP contribution < -0.4 is 15.2 Å². The van der Waals surface area contributed by atoms with Crippen molar-refractivity contribution >= 4 is 22.1 Å². The molecule has 0 unspecified atom stereocenters. The third-order valence-corrected chi connectivity index (χ3v) is 5.31. The van der Waals surface area contributed by atoms with E-state index in [1.165, 1.54) is 4.88 Å². The highest BCUT2D eigenvalue weighted by Crippen LogP contribution is 2.41. The minimum absolute atomic E-state index is 0.281. The summed E-state index contributed by atoms with van der Waals surface area (Å²) in [5.41, 5.74) is 9.56. The molecule has 0 fully saturated rings. The lowest BCUT2D eigenvalue weighted by molar-refractivity contribution is 0.174. The van der Waals surface area contributed by atoms with Crippen molar-refractivity contribution in [3.63, 3.8) is 0 Å². The van der Waals surface area contributed by atoms with Gasteiger partial charge in [-0.05, 0) is 30.5 Å². The fourth-order valence-electron chi connectivity index (χ4n) is 2.99. The minimum atomic E-state index is 0.281. The smallest absolute Gasteiger partial charge is 0.231 e. The van der Waals surface area contributed by atoms with Crippen LogP contribution in [0.1, 0.15) is 37.3 Å². The van der Waals surface area contributed by atoms with Crippen molar-refractivity contribution in [2.24, 2.45) is 0 Å². The van der Waals surface area contributed by atoms with Gasteiger partial charge in [0.25, 0.3) is 0 Å². The van der Waals surface area contributed by atoms with E-state index < -0.39 is 0 Å². The SMILES string of the molecule is CCc1sc2nc(C(C)C)c(N)n2c1-c1ccc2c(c1)OCO2. The lowest BCUT2D eigenvalue weighted by Crippen LogP contribution is -2.00. The Balaban J connectivity index is 1.97. The Labute approximate surface area is 138 Å². The number of fused-ring (bicyclic) bond motifs is 2. The maximum atomic E-state index is 6.41. The molecule has 4 rings (SSSR count). The van der Waals surface area contributed by atoms with Crippen LogP contribution in [0, 0.1) is 0 Å². The first-order chi connectivity index (χ1) is 11.1. The van der Waals surface area contributed by atoms with Crippen LogP contribution in [-0.2, 0) is 6.42 Å². The second kappa shape index (κ2) is 5.16. The van der Waals surface area contributed by atoms with Gasteiger partial charge in [0.2, 0.25) is 6.79 Å². The average molecular weight is 329 g/mol. The summed E-state index contributed by atoms with van der Waals surface area (Å²) in [5, 5.41) is 0. The maximum Gasteiger partial charge on any atom is 0.231 e. The molecule has 1 aliphatic heterocycles. The monoisotopic (exact) mass is 329 g/mol. The molecular formula is C17H19N3O2S. The van der Waals surface area contributed by atoms with Crippen molar-refractivity contribution < 1.29 is 9.47 Å². The van der Waals surface area contributed by atoms with Gasteiger partial charge in [-0.2, -0.15) is 0 Å². The summed E-state index contributed by atoms with van der Waals surface area (Å²) in [7, 11) is 0. The van der Waals surface area contributed by atoms with E-state index in [4.69, 9.17) is 20.2 Å². The van der Waals surface area contributed by atoms with Crippen LogP contribution in [-0.4, -0.2) is 16.2 Å².